The molecule has 0 bridgehead atoms. The lowest BCUT2D eigenvalue weighted by atomic mass is 10.1. The summed E-state index contributed by atoms with van der Waals surface area (Å²) in [6.07, 6.45) is 1.36. The van der Waals surface area contributed by atoms with Crippen LogP contribution in [0.5, 0.6) is 11.5 Å². The van der Waals surface area contributed by atoms with Gasteiger partial charge in [-0.3, -0.25) is 14.4 Å². The first-order chi connectivity index (χ1) is 18.2. The van der Waals surface area contributed by atoms with Crippen LogP contribution in [0, 0.1) is 10.5 Å². The molecule has 0 aliphatic rings. The molecule has 3 amide bonds. The van der Waals surface area contributed by atoms with Crippen molar-refractivity contribution in [3.8, 4) is 11.5 Å². The molecule has 0 saturated heterocycles. The highest BCUT2D eigenvalue weighted by molar-refractivity contribution is 14.1. The number of carbonyl (C=O) groups excluding carboxylic acids is 3. The monoisotopic (exact) mass is 668 g/mol. The van der Waals surface area contributed by atoms with Crippen LogP contribution in [0.15, 0.2) is 59.7 Å². The van der Waals surface area contributed by atoms with Crippen LogP contribution in [-0.4, -0.2) is 37.7 Å². The van der Waals surface area contributed by atoms with Crippen molar-refractivity contribution in [1.29, 1.82) is 0 Å². The molecule has 3 N–H and O–H groups in total. The van der Waals surface area contributed by atoms with Crippen molar-refractivity contribution in [2.75, 3.05) is 19.0 Å². The lowest BCUT2D eigenvalue weighted by molar-refractivity contribution is -0.139. The number of halogens is 3. The highest BCUT2D eigenvalue weighted by Gasteiger charge is 2.15. The lowest BCUT2D eigenvalue weighted by Gasteiger charge is -2.13. The Morgan fingerprint density at radius 1 is 1.00 bits per heavy atom. The van der Waals surface area contributed by atoms with Crippen LogP contribution < -0.4 is 25.5 Å². The van der Waals surface area contributed by atoms with Crippen molar-refractivity contribution in [3.63, 3.8) is 0 Å². The summed E-state index contributed by atoms with van der Waals surface area (Å²) >= 11 is 13.9. The number of nitrogens with one attached hydrogen (secondary N) is 3. The largest absolute Gasteiger partial charge is 0.493 e. The van der Waals surface area contributed by atoms with Gasteiger partial charge in [-0.2, -0.15) is 5.10 Å². The van der Waals surface area contributed by atoms with Crippen molar-refractivity contribution in [2.45, 2.75) is 13.5 Å². The molecule has 198 valence electrons. The van der Waals surface area contributed by atoms with Crippen LogP contribution in [0.4, 0.5) is 5.69 Å². The van der Waals surface area contributed by atoms with Crippen LogP contribution in [0.1, 0.15) is 16.7 Å². The second-order valence-electron chi connectivity index (χ2n) is 7.87. The number of hydrogen-bond acceptors (Lipinski definition) is 6. The molecule has 0 radical (unpaired) electrons. The predicted molar refractivity (Wildman–Crippen MR) is 155 cm³/mol. The minimum absolute atomic E-state index is 0.221. The molecule has 3 aromatic rings. The summed E-state index contributed by atoms with van der Waals surface area (Å²) in [5.74, 6) is -1.41. The highest BCUT2D eigenvalue weighted by Crippen LogP contribution is 2.33. The van der Waals surface area contributed by atoms with Crippen molar-refractivity contribution in [2.24, 2.45) is 5.10 Å². The molecular formula is C26H23Cl2IN4O5. The molecule has 0 aromatic heterocycles. The molecule has 0 heterocycles. The molecule has 0 unspecified atom stereocenters. The van der Waals surface area contributed by atoms with E-state index in [4.69, 9.17) is 32.7 Å². The third-order valence-electron chi connectivity index (χ3n) is 4.96. The van der Waals surface area contributed by atoms with Gasteiger partial charge in [0.15, 0.2) is 18.1 Å². The van der Waals surface area contributed by atoms with E-state index in [0.717, 1.165) is 11.1 Å². The van der Waals surface area contributed by atoms with Crippen LogP contribution in [-0.2, 0) is 20.9 Å². The van der Waals surface area contributed by atoms with E-state index in [9.17, 15) is 14.4 Å². The molecule has 0 aliphatic heterocycles. The number of nitrogens with zero attached hydrogens (tertiary/aromatic N) is 1. The number of ether oxygens (including phenoxy) is 2. The second kappa shape index (κ2) is 14.0. The van der Waals surface area contributed by atoms with Gasteiger partial charge >= 0.3 is 11.8 Å². The Kier molecular flexibility index (Phi) is 10.7. The third-order valence-corrected chi connectivity index (χ3v) is 6.50. The highest BCUT2D eigenvalue weighted by atomic mass is 127. The van der Waals surface area contributed by atoms with Gasteiger partial charge in [-0.15, -0.1) is 0 Å². The minimum atomic E-state index is -0.900. The smallest absolute Gasteiger partial charge is 0.329 e. The number of methoxy groups -OCH3 is 1. The molecule has 38 heavy (non-hydrogen) atoms. The van der Waals surface area contributed by atoms with E-state index in [1.165, 1.54) is 19.4 Å². The molecule has 0 aliphatic carbocycles. The Morgan fingerprint density at radius 2 is 1.74 bits per heavy atom. The fraction of sp³-hybridized carbons (Fsp3) is 0.154. The third kappa shape index (κ3) is 8.61. The van der Waals surface area contributed by atoms with Gasteiger partial charge < -0.3 is 20.1 Å². The zero-order chi connectivity index (χ0) is 27.7. The van der Waals surface area contributed by atoms with Gasteiger partial charge in [-0.1, -0.05) is 53.0 Å². The normalized spacial score (nSPS) is 10.7. The number of anilines is 1. The van der Waals surface area contributed by atoms with Crippen LogP contribution in [0.3, 0.4) is 0 Å². The molecule has 0 atom stereocenters. The number of hydrazone groups is 1. The Labute approximate surface area is 243 Å². The van der Waals surface area contributed by atoms with E-state index in [-0.39, 0.29) is 13.2 Å². The van der Waals surface area contributed by atoms with Gasteiger partial charge in [0.25, 0.3) is 5.91 Å². The predicted octanol–water partition coefficient (Wildman–Crippen LogP) is 4.70. The van der Waals surface area contributed by atoms with Gasteiger partial charge in [0.2, 0.25) is 0 Å². The first-order valence-corrected chi connectivity index (χ1v) is 12.9. The molecule has 3 rings (SSSR count). The zero-order valence-electron chi connectivity index (χ0n) is 20.3. The Hall–Kier alpha value is -3.35. The zero-order valence-corrected chi connectivity index (χ0v) is 24.0. The van der Waals surface area contributed by atoms with E-state index in [1.807, 2.05) is 53.8 Å². The van der Waals surface area contributed by atoms with Gasteiger partial charge in [-0.25, -0.2) is 5.43 Å². The quantitative estimate of drug-likeness (QED) is 0.132. The summed E-state index contributed by atoms with van der Waals surface area (Å²) in [7, 11) is 1.45. The number of hydrogen-bond donors (Lipinski definition) is 3. The van der Waals surface area contributed by atoms with E-state index in [0.29, 0.717) is 36.4 Å². The molecule has 0 spiro atoms. The second-order valence-corrected chi connectivity index (χ2v) is 9.84. The molecule has 0 saturated carbocycles. The minimum Gasteiger partial charge on any atom is -0.493 e. The number of rotatable bonds is 9. The number of aryl methyl sites for hydroxylation is 1. The summed E-state index contributed by atoms with van der Waals surface area (Å²) in [4.78, 5) is 36.4. The molecule has 0 fully saturated rings. The summed E-state index contributed by atoms with van der Waals surface area (Å²) in [6.45, 7) is 1.90. The van der Waals surface area contributed by atoms with E-state index in [2.05, 4.69) is 21.2 Å². The average molecular weight is 669 g/mol. The van der Waals surface area contributed by atoms with Crippen molar-refractivity contribution < 1.29 is 23.9 Å². The summed E-state index contributed by atoms with van der Waals surface area (Å²) in [6, 6.07) is 15.6. The lowest BCUT2D eigenvalue weighted by Crippen LogP contribution is -2.37. The molecular weight excluding hydrogens is 646 g/mol. The Bertz CT molecular complexity index is 1370. The van der Waals surface area contributed by atoms with Crippen LogP contribution in [0.25, 0.3) is 0 Å². The maximum absolute atomic E-state index is 12.3. The first-order valence-electron chi connectivity index (χ1n) is 11.1. The van der Waals surface area contributed by atoms with E-state index >= 15 is 0 Å². The van der Waals surface area contributed by atoms with Crippen molar-refractivity contribution in [3.05, 3.63) is 84.9 Å². The first kappa shape index (κ1) is 29.2. The van der Waals surface area contributed by atoms with E-state index < -0.39 is 17.7 Å². The van der Waals surface area contributed by atoms with Crippen molar-refractivity contribution >= 4 is 75.4 Å². The fourth-order valence-electron chi connectivity index (χ4n) is 3.05. The van der Waals surface area contributed by atoms with Gasteiger partial charge in [0, 0.05) is 12.2 Å². The van der Waals surface area contributed by atoms with Gasteiger partial charge in [0.05, 0.1) is 26.9 Å². The summed E-state index contributed by atoms with van der Waals surface area (Å²) in [5, 5.41) is 9.75. The number of benzene rings is 3. The van der Waals surface area contributed by atoms with Crippen molar-refractivity contribution in [1.82, 2.24) is 10.7 Å². The summed E-state index contributed by atoms with van der Waals surface area (Å²) < 4.78 is 11.7. The SMILES string of the molecule is COc1cc(/C=N\NC(=O)C(=O)NCc2ccc(C)cc2)cc(I)c1OCC(=O)Nc1ccc(Cl)c(Cl)c1. The Balaban J connectivity index is 1.54. The van der Waals surface area contributed by atoms with Crippen LogP contribution in [0.2, 0.25) is 10.0 Å². The standard InChI is InChI=1S/C26H23Cl2IN4O5/c1-15-3-5-16(6-4-15)12-30-25(35)26(36)33-31-13-17-9-21(29)24(22(10-17)37-2)38-14-23(34)32-18-7-8-19(27)20(28)11-18/h3-11,13H,12,14H2,1-2H3,(H,30,35)(H,32,34)(H,33,36)/b31-13-. The molecule has 12 heteroatoms. The maximum atomic E-state index is 12.3. The number of carbonyl (C=O) groups is 3. The van der Waals surface area contributed by atoms with Gasteiger partial charge in [-0.05, 0) is 71.0 Å². The molecule has 9 nitrogen and oxygen atoms in total. The van der Waals surface area contributed by atoms with Crippen LogP contribution >= 0.6 is 45.8 Å². The maximum Gasteiger partial charge on any atom is 0.329 e. The summed E-state index contributed by atoms with van der Waals surface area (Å²) in [5.41, 5.74) is 5.21. The topological polar surface area (TPSA) is 118 Å². The molecule has 3 aromatic carbocycles. The number of amides is 3. The average Bonchev–Trinajstić information content (AvgIpc) is 2.89. The fourth-order valence-corrected chi connectivity index (χ4v) is 4.13. The van der Waals surface area contributed by atoms with E-state index in [1.54, 1.807) is 24.3 Å². The van der Waals surface area contributed by atoms with Gasteiger partial charge in [0.1, 0.15) is 0 Å². The Morgan fingerprint density at radius 3 is 2.42 bits per heavy atom.